The summed E-state index contributed by atoms with van der Waals surface area (Å²) in [6.45, 7) is 3.04. The van der Waals surface area contributed by atoms with Crippen LogP contribution in [0.5, 0.6) is 5.75 Å². The molecule has 0 radical (unpaired) electrons. The molecule has 1 aliphatic carbocycles. The van der Waals surface area contributed by atoms with E-state index >= 15 is 0 Å². The number of rotatable bonds is 9. The summed E-state index contributed by atoms with van der Waals surface area (Å²) in [6, 6.07) is 35.2. The van der Waals surface area contributed by atoms with E-state index in [1.165, 1.54) is 11.1 Å². The minimum atomic E-state index is -0.774. The first-order chi connectivity index (χ1) is 22.9. The van der Waals surface area contributed by atoms with Crippen molar-refractivity contribution in [3.05, 3.63) is 126 Å². The van der Waals surface area contributed by atoms with Crippen molar-refractivity contribution in [2.45, 2.75) is 52.2 Å². The van der Waals surface area contributed by atoms with E-state index in [9.17, 15) is 9.90 Å². The van der Waals surface area contributed by atoms with Gasteiger partial charge in [-0.25, -0.2) is 9.97 Å². The van der Waals surface area contributed by atoms with E-state index in [0.29, 0.717) is 38.2 Å². The van der Waals surface area contributed by atoms with Gasteiger partial charge in [-0.1, -0.05) is 85.1 Å². The second-order valence-corrected chi connectivity index (χ2v) is 12.3. The Balaban J connectivity index is 0.00000124. The summed E-state index contributed by atoms with van der Waals surface area (Å²) < 4.78 is 25.0. The molecule has 2 aromatic heterocycles. The van der Waals surface area contributed by atoms with E-state index in [0.717, 1.165) is 57.4 Å². The number of imidazole rings is 1. The number of carbonyl (C=O) groups is 1. The number of pyridine rings is 1. The van der Waals surface area contributed by atoms with Gasteiger partial charge < -0.3 is 14.4 Å². The van der Waals surface area contributed by atoms with Crippen LogP contribution in [-0.4, -0.2) is 34.0 Å². The topological polar surface area (TPSA) is 111 Å². The van der Waals surface area contributed by atoms with Crippen molar-refractivity contribution < 1.29 is 23.1 Å². The van der Waals surface area contributed by atoms with Gasteiger partial charge in [0.15, 0.2) is 0 Å². The fourth-order valence-corrected chi connectivity index (χ4v) is 6.51. The Bertz CT molecular complexity index is 2080. The Kier molecular flexibility index (Phi) is 9.54. The number of nitrogens with zero attached hydrogens (tertiary/aromatic N) is 3. The maximum absolute atomic E-state index is 12.5. The standard InChI is InChI=1S/C38H35N3O3.O2S/c1-26-11-13-28(14-12-26)30-9-6-7-27(21-30)24-41-35-18-17-32(44-25-31-16-15-29-8-2-3-10-33(29)39-31)22-34(35)40-36(41)23-38(37(42)43)19-4-5-20-38;1-3-2/h2-3,6-18,21-22H,4-5,19-20,23-25H2,1H3,(H,42,43);. The van der Waals surface area contributed by atoms with Gasteiger partial charge in [0.25, 0.3) is 0 Å². The Morgan fingerprint density at radius 1 is 0.851 bits per heavy atom. The SMILES string of the molecule is Cc1ccc(-c2cccc(Cn3c(CC4(C(=O)O)CCCC4)nc4cc(OCc5ccc6ccccc6n5)ccc43)c2)cc1.O=S=O. The van der Waals surface area contributed by atoms with Gasteiger partial charge in [0, 0.05) is 24.4 Å². The minimum Gasteiger partial charge on any atom is -0.487 e. The third kappa shape index (κ3) is 7.15. The molecule has 0 spiro atoms. The molecule has 0 atom stereocenters. The maximum Gasteiger partial charge on any atom is 0.335 e. The van der Waals surface area contributed by atoms with E-state index in [2.05, 4.69) is 66.1 Å². The maximum atomic E-state index is 12.5. The average molecular weight is 646 g/mol. The summed E-state index contributed by atoms with van der Waals surface area (Å²) in [6.07, 6.45) is 3.65. The van der Waals surface area contributed by atoms with Gasteiger partial charge in [0.2, 0.25) is 0 Å². The largest absolute Gasteiger partial charge is 0.487 e. The highest BCUT2D eigenvalue weighted by atomic mass is 32.1. The van der Waals surface area contributed by atoms with Crippen LogP contribution in [0, 0.1) is 12.3 Å². The predicted molar refractivity (Wildman–Crippen MR) is 183 cm³/mol. The normalized spacial score (nSPS) is 13.6. The Labute approximate surface area is 276 Å². The fourth-order valence-electron chi connectivity index (χ4n) is 6.51. The van der Waals surface area contributed by atoms with Crippen molar-refractivity contribution in [2.75, 3.05) is 0 Å². The van der Waals surface area contributed by atoms with Crippen LogP contribution in [0.15, 0.2) is 103 Å². The number of carboxylic acid groups (broad SMARTS) is 1. The van der Waals surface area contributed by atoms with Gasteiger partial charge in [-0.05, 0) is 66.8 Å². The monoisotopic (exact) mass is 645 g/mol. The molecule has 4 aromatic carbocycles. The van der Waals surface area contributed by atoms with E-state index < -0.39 is 23.0 Å². The lowest BCUT2D eigenvalue weighted by atomic mass is 9.82. The zero-order valence-electron chi connectivity index (χ0n) is 26.1. The van der Waals surface area contributed by atoms with E-state index in [1.54, 1.807) is 0 Å². The van der Waals surface area contributed by atoms with Crippen LogP contribution in [0.1, 0.15) is 48.3 Å². The minimum absolute atomic E-state index is 0.345. The second kappa shape index (κ2) is 14.1. The first kappa shape index (κ1) is 31.8. The molecule has 9 heteroatoms. The van der Waals surface area contributed by atoms with Gasteiger partial charge in [-0.2, -0.15) is 8.42 Å². The van der Waals surface area contributed by atoms with Crippen molar-refractivity contribution in [1.82, 2.24) is 14.5 Å². The molecule has 1 N–H and O–H groups in total. The first-order valence-corrected chi connectivity index (χ1v) is 16.3. The van der Waals surface area contributed by atoms with Crippen molar-refractivity contribution >= 4 is 39.5 Å². The van der Waals surface area contributed by atoms with Gasteiger partial charge in [-0.15, -0.1) is 0 Å². The number of hydrogen-bond acceptors (Lipinski definition) is 6. The summed E-state index contributed by atoms with van der Waals surface area (Å²) >= 11 is -0.750. The van der Waals surface area contributed by atoms with Crippen molar-refractivity contribution in [3.63, 3.8) is 0 Å². The molecule has 1 fully saturated rings. The highest BCUT2D eigenvalue weighted by molar-refractivity contribution is 7.51. The number of para-hydroxylation sites is 1. The molecule has 6 aromatic rings. The van der Waals surface area contributed by atoms with Crippen molar-refractivity contribution in [3.8, 4) is 16.9 Å². The number of aromatic nitrogens is 3. The van der Waals surface area contributed by atoms with Crippen LogP contribution in [0.3, 0.4) is 0 Å². The summed E-state index contributed by atoms with van der Waals surface area (Å²) in [5.74, 6) is 0.791. The Morgan fingerprint density at radius 3 is 2.38 bits per heavy atom. The van der Waals surface area contributed by atoms with Crippen molar-refractivity contribution in [1.29, 1.82) is 0 Å². The molecule has 1 aliphatic rings. The molecule has 0 aliphatic heterocycles. The molecule has 7 rings (SSSR count). The summed E-state index contributed by atoms with van der Waals surface area (Å²) in [4.78, 5) is 22.3. The highest BCUT2D eigenvalue weighted by Crippen LogP contribution is 2.42. The van der Waals surface area contributed by atoms with Crippen LogP contribution in [0.4, 0.5) is 0 Å². The Hall–Kier alpha value is -5.15. The van der Waals surface area contributed by atoms with E-state index in [4.69, 9.17) is 23.1 Å². The summed E-state index contributed by atoms with van der Waals surface area (Å²) in [5, 5.41) is 11.4. The molecular formula is C38H35N3O5S. The zero-order chi connectivity index (χ0) is 32.8. The highest BCUT2D eigenvalue weighted by Gasteiger charge is 2.42. The summed E-state index contributed by atoms with van der Waals surface area (Å²) in [7, 11) is 0. The van der Waals surface area contributed by atoms with Crippen LogP contribution in [-0.2, 0) is 35.9 Å². The van der Waals surface area contributed by atoms with Gasteiger partial charge in [0.1, 0.15) is 18.2 Å². The van der Waals surface area contributed by atoms with E-state index in [1.807, 2.05) is 48.5 Å². The quantitative estimate of drug-likeness (QED) is 0.171. The van der Waals surface area contributed by atoms with Crippen LogP contribution < -0.4 is 4.74 Å². The van der Waals surface area contributed by atoms with Crippen molar-refractivity contribution in [2.24, 2.45) is 5.41 Å². The molecular weight excluding hydrogens is 611 g/mol. The molecule has 0 saturated heterocycles. The zero-order valence-corrected chi connectivity index (χ0v) is 26.9. The predicted octanol–water partition coefficient (Wildman–Crippen LogP) is 7.70. The fraction of sp³-hybridized carbons (Fsp3) is 0.237. The first-order valence-electron chi connectivity index (χ1n) is 15.7. The number of aryl methyl sites for hydroxylation is 1. The lowest BCUT2D eigenvalue weighted by Gasteiger charge is -2.24. The van der Waals surface area contributed by atoms with Crippen LogP contribution in [0.2, 0.25) is 0 Å². The van der Waals surface area contributed by atoms with Gasteiger partial charge in [-0.3, -0.25) is 4.79 Å². The molecule has 0 amide bonds. The second-order valence-electron chi connectivity index (χ2n) is 12.2. The number of fused-ring (bicyclic) bond motifs is 2. The van der Waals surface area contributed by atoms with E-state index in [-0.39, 0.29) is 0 Å². The van der Waals surface area contributed by atoms with Gasteiger partial charge in [0.05, 0.1) is 27.7 Å². The Morgan fingerprint density at radius 2 is 1.62 bits per heavy atom. The number of carboxylic acids is 1. The third-order valence-corrected chi connectivity index (χ3v) is 9.00. The number of hydrogen-bond donors (Lipinski definition) is 1. The molecule has 8 nitrogen and oxygen atoms in total. The molecule has 47 heavy (non-hydrogen) atoms. The van der Waals surface area contributed by atoms with Crippen LogP contribution in [0.25, 0.3) is 33.1 Å². The lowest BCUT2D eigenvalue weighted by molar-refractivity contribution is -0.148. The molecule has 1 saturated carbocycles. The molecule has 0 bridgehead atoms. The number of aliphatic carboxylic acids is 1. The molecule has 2 heterocycles. The smallest absolute Gasteiger partial charge is 0.335 e. The van der Waals surface area contributed by atoms with Crippen LogP contribution >= 0.6 is 0 Å². The van der Waals surface area contributed by atoms with Gasteiger partial charge >= 0.3 is 17.5 Å². The lowest BCUT2D eigenvalue weighted by Crippen LogP contribution is -2.31. The number of ether oxygens (including phenoxy) is 1. The molecule has 0 unspecified atom stereocenters. The number of benzene rings is 4. The third-order valence-electron chi connectivity index (χ3n) is 9.00. The summed E-state index contributed by atoms with van der Waals surface area (Å²) in [5.41, 5.74) is 7.50. The average Bonchev–Trinajstić information content (AvgIpc) is 3.70. The molecule has 238 valence electrons.